The van der Waals surface area contributed by atoms with Crippen LogP contribution in [0.2, 0.25) is 18.1 Å². The van der Waals surface area contributed by atoms with E-state index in [1.54, 1.807) is 0 Å². The van der Waals surface area contributed by atoms with E-state index in [9.17, 15) is 4.79 Å². The van der Waals surface area contributed by atoms with Crippen molar-refractivity contribution in [3.63, 3.8) is 0 Å². The highest BCUT2D eigenvalue weighted by molar-refractivity contribution is 6.74. The fraction of sp³-hybridized carbons (Fsp3) is 0.923. The second kappa shape index (κ2) is 4.09. The molecule has 1 saturated carbocycles. The minimum absolute atomic E-state index is 0.245. The zero-order valence-electron chi connectivity index (χ0n) is 11.7. The lowest BCUT2D eigenvalue weighted by atomic mass is 9.73. The molecule has 3 atom stereocenters. The number of carbonyl (C=O) groups is 1. The molecule has 1 aliphatic carbocycles. The van der Waals surface area contributed by atoms with Crippen molar-refractivity contribution in [3.05, 3.63) is 0 Å². The molecule has 1 amide bonds. The zero-order chi connectivity index (χ0) is 12.8. The summed E-state index contributed by atoms with van der Waals surface area (Å²) in [5.41, 5.74) is 0. The van der Waals surface area contributed by atoms with Gasteiger partial charge in [0.1, 0.15) is 0 Å². The second-order valence-corrected chi connectivity index (χ2v) is 11.8. The number of carbonyl (C=O) groups excluding carboxylic acids is 1. The van der Waals surface area contributed by atoms with Gasteiger partial charge in [-0.1, -0.05) is 20.8 Å². The zero-order valence-corrected chi connectivity index (χ0v) is 12.7. The Morgan fingerprint density at radius 3 is 2.41 bits per heavy atom. The monoisotopic (exact) mass is 255 g/mol. The van der Waals surface area contributed by atoms with Crippen LogP contribution in [0.4, 0.5) is 0 Å². The van der Waals surface area contributed by atoms with E-state index >= 15 is 0 Å². The van der Waals surface area contributed by atoms with Gasteiger partial charge in [-0.05, 0) is 36.9 Å². The molecule has 98 valence electrons. The van der Waals surface area contributed by atoms with E-state index in [-0.39, 0.29) is 17.0 Å². The van der Waals surface area contributed by atoms with Gasteiger partial charge in [0, 0.05) is 5.92 Å². The number of fused-ring (bicyclic) bond motifs is 1. The van der Waals surface area contributed by atoms with Crippen LogP contribution in [0.15, 0.2) is 0 Å². The van der Waals surface area contributed by atoms with Crippen LogP contribution < -0.4 is 5.32 Å². The Hall–Kier alpha value is -0.353. The van der Waals surface area contributed by atoms with Gasteiger partial charge in [-0.15, -0.1) is 0 Å². The minimum atomic E-state index is -1.67. The molecule has 1 N–H and O–H groups in total. The van der Waals surface area contributed by atoms with Crippen LogP contribution in [0.1, 0.15) is 33.6 Å². The highest BCUT2D eigenvalue weighted by Gasteiger charge is 2.49. The van der Waals surface area contributed by atoms with Crippen LogP contribution in [-0.2, 0) is 9.22 Å². The number of hydrogen-bond donors (Lipinski definition) is 1. The summed E-state index contributed by atoms with van der Waals surface area (Å²) in [6.07, 6.45) is 2.27. The van der Waals surface area contributed by atoms with Gasteiger partial charge in [0.25, 0.3) is 0 Å². The molecule has 0 aromatic carbocycles. The predicted molar refractivity (Wildman–Crippen MR) is 71.3 cm³/mol. The molecule has 0 aromatic heterocycles. The van der Waals surface area contributed by atoms with Gasteiger partial charge in [0.05, 0.1) is 12.6 Å². The Labute approximate surface area is 105 Å². The van der Waals surface area contributed by atoms with E-state index in [0.717, 1.165) is 6.42 Å². The molecule has 1 saturated heterocycles. The molecular weight excluding hydrogens is 230 g/mol. The molecule has 0 radical (unpaired) electrons. The average Bonchev–Trinajstić information content (AvgIpc) is 2.30. The standard InChI is InChI=1S/C13H25NO2Si/c1-13(2,3)17(4,5)16-8-11-9-6-7-10(9)12(15)14-11/h9-11H,6-8H2,1-5H3,(H,14,15)/t9-,10+,11+/m0/s1. The fourth-order valence-electron chi connectivity index (χ4n) is 2.41. The maximum atomic E-state index is 11.6. The van der Waals surface area contributed by atoms with Crippen LogP contribution in [-0.4, -0.2) is 26.9 Å². The van der Waals surface area contributed by atoms with Crippen LogP contribution >= 0.6 is 0 Å². The Bertz CT molecular complexity index is 322. The maximum absolute atomic E-state index is 11.6. The van der Waals surface area contributed by atoms with E-state index in [1.165, 1.54) is 6.42 Å². The second-order valence-electron chi connectivity index (χ2n) is 7.03. The summed E-state index contributed by atoms with van der Waals surface area (Å²) in [4.78, 5) is 11.6. The Balaban J connectivity index is 1.89. The van der Waals surface area contributed by atoms with Gasteiger partial charge >= 0.3 is 0 Å². The third-order valence-electron chi connectivity index (χ3n) is 4.94. The summed E-state index contributed by atoms with van der Waals surface area (Å²) in [5, 5.41) is 3.34. The molecule has 17 heavy (non-hydrogen) atoms. The van der Waals surface area contributed by atoms with E-state index in [0.29, 0.717) is 18.4 Å². The number of rotatable bonds is 3. The molecule has 0 aromatic rings. The molecule has 1 heterocycles. The highest BCUT2D eigenvalue weighted by Crippen LogP contribution is 2.42. The van der Waals surface area contributed by atoms with Crippen molar-refractivity contribution in [2.45, 2.75) is 57.8 Å². The van der Waals surface area contributed by atoms with Gasteiger partial charge in [-0.3, -0.25) is 4.79 Å². The summed E-state index contributed by atoms with van der Waals surface area (Å²) >= 11 is 0. The summed E-state index contributed by atoms with van der Waals surface area (Å²) < 4.78 is 6.20. The molecular formula is C13H25NO2Si. The lowest BCUT2D eigenvalue weighted by Gasteiger charge is -2.38. The third kappa shape index (κ3) is 2.29. The Kier molecular flexibility index (Phi) is 3.15. The van der Waals surface area contributed by atoms with Gasteiger partial charge in [-0.25, -0.2) is 0 Å². The molecule has 0 spiro atoms. The predicted octanol–water partition coefficient (Wildman–Crippen LogP) is 2.53. The number of amides is 1. The van der Waals surface area contributed by atoms with Crippen molar-refractivity contribution in [2.75, 3.05) is 6.61 Å². The molecule has 2 rings (SSSR count). The summed E-state index contributed by atoms with van der Waals surface area (Å²) in [7, 11) is -1.67. The van der Waals surface area contributed by atoms with Crippen LogP contribution in [0, 0.1) is 11.8 Å². The minimum Gasteiger partial charge on any atom is -0.415 e. The molecule has 2 fully saturated rings. The first-order valence-electron chi connectivity index (χ1n) is 6.67. The van der Waals surface area contributed by atoms with E-state index in [2.05, 4.69) is 39.2 Å². The molecule has 0 bridgehead atoms. The van der Waals surface area contributed by atoms with Crippen molar-refractivity contribution < 1.29 is 9.22 Å². The van der Waals surface area contributed by atoms with Gasteiger partial charge in [0.2, 0.25) is 5.91 Å². The van der Waals surface area contributed by atoms with Gasteiger partial charge in [0.15, 0.2) is 8.32 Å². The fourth-order valence-corrected chi connectivity index (χ4v) is 3.44. The summed E-state index contributed by atoms with van der Waals surface area (Å²) in [5.74, 6) is 1.10. The number of hydrogen-bond acceptors (Lipinski definition) is 2. The quantitative estimate of drug-likeness (QED) is 0.787. The van der Waals surface area contributed by atoms with Crippen molar-refractivity contribution in [3.8, 4) is 0 Å². The average molecular weight is 255 g/mol. The largest absolute Gasteiger partial charge is 0.415 e. The number of nitrogens with one attached hydrogen (secondary N) is 1. The Morgan fingerprint density at radius 1 is 1.35 bits per heavy atom. The van der Waals surface area contributed by atoms with Crippen LogP contribution in [0.3, 0.4) is 0 Å². The molecule has 4 heteroatoms. The van der Waals surface area contributed by atoms with E-state index in [1.807, 2.05) is 0 Å². The highest BCUT2D eigenvalue weighted by atomic mass is 28.4. The molecule has 3 nitrogen and oxygen atoms in total. The van der Waals surface area contributed by atoms with Crippen molar-refractivity contribution in [1.29, 1.82) is 0 Å². The van der Waals surface area contributed by atoms with Crippen molar-refractivity contribution in [1.82, 2.24) is 5.32 Å². The lowest BCUT2D eigenvalue weighted by Crippen LogP contribution is -2.45. The lowest BCUT2D eigenvalue weighted by molar-refractivity contribution is -0.124. The normalized spacial score (nSPS) is 33.0. The van der Waals surface area contributed by atoms with Gasteiger partial charge in [-0.2, -0.15) is 0 Å². The Morgan fingerprint density at radius 2 is 2.00 bits per heavy atom. The first-order valence-corrected chi connectivity index (χ1v) is 9.57. The molecule has 1 aliphatic heterocycles. The smallest absolute Gasteiger partial charge is 0.223 e. The summed E-state index contributed by atoms with van der Waals surface area (Å²) in [6, 6.07) is 0.273. The summed E-state index contributed by atoms with van der Waals surface area (Å²) in [6.45, 7) is 12.0. The topological polar surface area (TPSA) is 38.3 Å². The first kappa shape index (κ1) is 13.1. The van der Waals surface area contributed by atoms with Gasteiger partial charge < -0.3 is 9.74 Å². The van der Waals surface area contributed by atoms with E-state index in [4.69, 9.17) is 4.43 Å². The SMILES string of the molecule is CC(C)(C)[Si](C)(C)OC[C@H]1NC(=O)[C@@H]2CC[C@H]12. The van der Waals surface area contributed by atoms with Crippen LogP contribution in [0.5, 0.6) is 0 Å². The maximum Gasteiger partial charge on any atom is 0.223 e. The molecule has 2 aliphatic rings. The first-order chi connectivity index (χ1) is 7.72. The third-order valence-corrected chi connectivity index (χ3v) is 9.44. The van der Waals surface area contributed by atoms with Crippen molar-refractivity contribution in [2.24, 2.45) is 11.8 Å². The molecule has 0 unspecified atom stereocenters. The van der Waals surface area contributed by atoms with Crippen LogP contribution in [0.25, 0.3) is 0 Å². The van der Waals surface area contributed by atoms with Crippen molar-refractivity contribution >= 4 is 14.2 Å². The van der Waals surface area contributed by atoms with E-state index < -0.39 is 8.32 Å².